The molecule has 1 saturated carbocycles. The van der Waals surface area contributed by atoms with Crippen molar-refractivity contribution in [3.05, 3.63) is 53.3 Å². The molecule has 28 heavy (non-hydrogen) atoms. The molecule has 0 radical (unpaired) electrons. The van der Waals surface area contributed by atoms with E-state index in [9.17, 15) is 9.59 Å². The number of carbonyl (C=O) groups is 2. The summed E-state index contributed by atoms with van der Waals surface area (Å²) in [6.07, 6.45) is 6.00. The van der Waals surface area contributed by atoms with Crippen LogP contribution in [0.5, 0.6) is 0 Å². The Morgan fingerprint density at radius 1 is 1.07 bits per heavy atom. The first-order valence-electron chi connectivity index (χ1n) is 9.53. The van der Waals surface area contributed by atoms with E-state index in [0.29, 0.717) is 16.8 Å². The van der Waals surface area contributed by atoms with E-state index in [0.717, 1.165) is 29.6 Å². The molecule has 2 N–H and O–H groups in total. The Hall–Kier alpha value is -3.22. The van der Waals surface area contributed by atoms with Gasteiger partial charge in [0, 0.05) is 35.9 Å². The maximum atomic E-state index is 12.6. The number of aryl methyl sites for hydroxylation is 2. The molecule has 0 atom stereocenters. The average Bonchev–Trinajstić information content (AvgIpc) is 3.30. The number of carbonyl (C=O) groups excluding carboxylic acids is 2. The second kappa shape index (κ2) is 7.42. The molecule has 3 aromatic rings. The van der Waals surface area contributed by atoms with Crippen molar-refractivity contribution in [3.63, 3.8) is 0 Å². The predicted octanol–water partition coefficient (Wildman–Crippen LogP) is 3.20. The van der Waals surface area contributed by atoms with Gasteiger partial charge in [0.25, 0.3) is 11.8 Å². The first-order chi connectivity index (χ1) is 13.5. The van der Waals surface area contributed by atoms with E-state index in [1.165, 1.54) is 12.8 Å². The molecule has 1 aliphatic carbocycles. The van der Waals surface area contributed by atoms with Gasteiger partial charge >= 0.3 is 0 Å². The molecule has 0 bridgehead atoms. The quantitative estimate of drug-likeness (QED) is 0.731. The maximum absolute atomic E-state index is 12.6. The molecule has 0 saturated heterocycles. The molecule has 7 heteroatoms. The number of amides is 2. The average molecular weight is 377 g/mol. The van der Waals surface area contributed by atoms with Crippen LogP contribution < -0.4 is 10.6 Å². The van der Waals surface area contributed by atoms with Crippen LogP contribution in [0.2, 0.25) is 0 Å². The zero-order valence-corrected chi connectivity index (χ0v) is 16.0. The number of benzene rings is 1. The molecule has 0 aliphatic heterocycles. The monoisotopic (exact) mass is 377 g/mol. The highest BCUT2D eigenvalue weighted by Crippen LogP contribution is 2.20. The first kappa shape index (κ1) is 18.2. The summed E-state index contributed by atoms with van der Waals surface area (Å²) in [6, 6.07) is 9.01. The number of hydrogen-bond acceptors (Lipinski definition) is 4. The second-order valence-electron chi connectivity index (χ2n) is 7.29. The molecular formula is C21H23N5O2. The Morgan fingerprint density at radius 2 is 1.79 bits per heavy atom. The molecule has 2 heterocycles. The molecule has 1 aliphatic rings. The van der Waals surface area contributed by atoms with Crippen LogP contribution in [0.4, 0.5) is 5.69 Å². The molecule has 1 fully saturated rings. The lowest BCUT2D eigenvalue weighted by Crippen LogP contribution is -2.32. The van der Waals surface area contributed by atoms with Gasteiger partial charge in [-0.2, -0.15) is 5.10 Å². The smallest absolute Gasteiger partial charge is 0.257 e. The number of pyridine rings is 1. The van der Waals surface area contributed by atoms with Crippen molar-refractivity contribution < 1.29 is 9.59 Å². The molecule has 2 aromatic heterocycles. The van der Waals surface area contributed by atoms with Crippen molar-refractivity contribution in [1.29, 1.82) is 0 Å². The van der Waals surface area contributed by atoms with E-state index < -0.39 is 0 Å². The lowest BCUT2D eigenvalue weighted by atomic mass is 10.1. The van der Waals surface area contributed by atoms with Crippen LogP contribution in [-0.4, -0.2) is 32.6 Å². The molecule has 0 spiro atoms. The third kappa shape index (κ3) is 3.60. The molecule has 1 aromatic carbocycles. The summed E-state index contributed by atoms with van der Waals surface area (Å²) in [5.41, 5.74) is 3.26. The molecule has 7 nitrogen and oxygen atoms in total. The summed E-state index contributed by atoms with van der Waals surface area (Å²) in [5.74, 6) is -0.313. The number of nitrogens with zero attached hydrogens (tertiary/aromatic N) is 3. The highest BCUT2D eigenvalue weighted by molar-refractivity contribution is 6.06. The Morgan fingerprint density at radius 3 is 2.50 bits per heavy atom. The summed E-state index contributed by atoms with van der Waals surface area (Å²) in [7, 11) is 1.83. The standard InChI is InChI=1S/C21H23N5O2/c1-13-18-11-15(12-22-19(18)26(2)25-13)21(28)24-17-9-7-14(8-10-17)20(27)23-16-5-3-4-6-16/h7-12,16H,3-6H2,1-2H3,(H,23,27)(H,24,28). The Kier molecular flexibility index (Phi) is 4.81. The minimum absolute atomic E-state index is 0.0634. The lowest BCUT2D eigenvalue weighted by Gasteiger charge is -2.12. The summed E-state index contributed by atoms with van der Waals surface area (Å²) in [5, 5.41) is 11.1. The predicted molar refractivity (Wildman–Crippen MR) is 107 cm³/mol. The van der Waals surface area contributed by atoms with E-state index in [2.05, 4.69) is 20.7 Å². The van der Waals surface area contributed by atoms with Crippen LogP contribution >= 0.6 is 0 Å². The van der Waals surface area contributed by atoms with Crippen molar-refractivity contribution in [2.75, 3.05) is 5.32 Å². The van der Waals surface area contributed by atoms with Gasteiger partial charge in [-0.25, -0.2) is 4.98 Å². The number of nitrogens with one attached hydrogen (secondary N) is 2. The van der Waals surface area contributed by atoms with Crippen molar-refractivity contribution >= 4 is 28.5 Å². The number of aromatic nitrogens is 3. The summed E-state index contributed by atoms with van der Waals surface area (Å²) >= 11 is 0. The Bertz CT molecular complexity index is 1030. The number of anilines is 1. The van der Waals surface area contributed by atoms with Gasteiger partial charge in [0.1, 0.15) is 0 Å². The van der Waals surface area contributed by atoms with Crippen LogP contribution in [0.1, 0.15) is 52.1 Å². The van der Waals surface area contributed by atoms with Gasteiger partial charge in [-0.1, -0.05) is 12.8 Å². The van der Waals surface area contributed by atoms with Gasteiger partial charge in [0.2, 0.25) is 0 Å². The largest absolute Gasteiger partial charge is 0.349 e. The van der Waals surface area contributed by atoms with E-state index in [4.69, 9.17) is 0 Å². The second-order valence-corrected chi connectivity index (χ2v) is 7.29. The Balaban J connectivity index is 1.44. The van der Waals surface area contributed by atoms with E-state index in [1.54, 1.807) is 41.2 Å². The first-order valence-corrected chi connectivity index (χ1v) is 9.53. The van der Waals surface area contributed by atoms with Crippen LogP contribution in [-0.2, 0) is 7.05 Å². The lowest BCUT2D eigenvalue weighted by molar-refractivity contribution is 0.0937. The fraction of sp³-hybridized carbons (Fsp3) is 0.333. The highest BCUT2D eigenvalue weighted by atomic mass is 16.2. The molecule has 2 amide bonds. The van der Waals surface area contributed by atoms with E-state index in [-0.39, 0.29) is 17.9 Å². The molecule has 4 rings (SSSR count). The van der Waals surface area contributed by atoms with Crippen LogP contribution in [0.3, 0.4) is 0 Å². The van der Waals surface area contributed by atoms with Gasteiger partial charge in [0.15, 0.2) is 5.65 Å². The number of fused-ring (bicyclic) bond motifs is 1. The van der Waals surface area contributed by atoms with Gasteiger partial charge in [-0.3, -0.25) is 14.3 Å². The highest BCUT2D eigenvalue weighted by Gasteiger charge is 2.18. The minimum Gasteiger partial charge on any atom is -0.349 e. The summed E-state index contributed by atoms with van der Waals surface area (Å²) < 4.78 is 1.70. The number of rotatable bonds is 4. The molecular weight excluding hydrogens is 354 g/mol. The van der Waals surface area contributed by atoms with Crippen molar-refractivity contribution in [2.45, 2.75) is 38.6 Å². The van der Waals surface area contributed by atoms with Crippen LogP contribution in [0.15, 0.2) is 36.5 Å². The van der Waals surface area contributed by atoms with Crippen molar-refractivity contribution in [3.8, 4) is 0 Å². The van der Waals surface area contributed by atoms with Gasteiger partial charge in [-0.15, -0.1) is 0 Å². The zero-order valence-electron chi connectivity index (χ0n) is 16.0. The minimum atomic E-state index is -0.249. The summed E-state index contributed by atoms with van der Waals surface area (Å²) in [4.78, 5) is 29.2. The van der Waals surface area contributed by atoms with E-state index >= 15 is 0 Å². The van der Waals surface area contributed by atoms with Crippen molar-refractivity contribution in [1.82, 2.24) is 20.1 Å². The van der Waals surface area contributed by atoms with Crippen LogP contribution in [0.25, 0.3) is 11.0 Å². The van der Waals surface area contributed by atoms with Gasteiger partial charge < -0.3 is 10.6 Å². The molecule has 144 valence electrons. The van der Waals surface area contributed by atoms with Gasteiger partial charge in [-0.05, 0) is 50.1 Å². The molecule has 0 unspecified atom stereocenters. The third-order valence-corrected chi connectivity index (χ3v) is 5.22. The summed E-state index contributed by atoms with van der Waals surface area (Å²) in [6.45, 7) is 1.89. The number of hydrogen-bond donors (Lipinski definition) is 2. The zero-order chi connectivity index (χ0) is 19.7. The Labute approximate surface area is 163 Å². The third-order valence-electron chi connectivity index (χ3n) is 5.22. The SMILES string of the molecule is Cc1nn(C)c2ncc(C(=O)Nc3ccc(C(=O)NC4CCCC4)cc3)cc12. The van der Waals surface area contributed by atoms with Crippen molar-refractivity contribution in [2.24, 2.45) is 7.05 Å². The fourth-order valence-corrected chi connectivity index (χ4v) is 3.68. The van der Waals surface area contributed by atoms with E-state index in [1.807, 2.05) is 14.0 Å². The van der Waals surface area contributed by atoms with Crippen LogP contribution in [0, 0.1) is 6.92 Å². The van der Waals surface area contributed by atoms with Gasteiger partial charge in [0.05, 0.1) is 11.3 Å². The maximum Gasteiger partial charge on any atom is 0.257 e. The topological polar surface area (TPSA) is 88.9 Å². The fourth-order valence-electron chi connectivity index (χ4n) is 3.68. The normalized spacial score (nSPS) is 14.4.